The van der Waals surface area contributed by atoms with Gasteiger partial charge in [0, 0.05) is 0 Å². The van der Waals surface area contributed by atoms with Crippen LogP contribution >= 0.6 is 0 Å². The Bertz CT molecular complexity index is 471. The van der Waals surface area contributed by atoms with E-state index >= 15 is 0 Å². The van der Waals surface area contributed by atoms with Crippen LogP contribution in [0.15, 0.2) is 6.07 Å². The molecule has 0 aliphatic carbocycles. The molecule has 0 saturated carbocycles. The zero-order chi connectivity index (χ0) is 14.6. The summed E-state index contributed by atoms with van der Waals surface area (Å²) in [6.07, 6.45) is 0.894. The smallest absolute Gasteiger partial charge is 0.320 e. The van der Waals surface area contributed by atoms with E-state index in [9.17, 15) is 4.79 Å². The van der Waals surface area contributed by atoms with E-state index in [0.717, 1.165) is 28.2 Å². The number of carboxylic acid groups (broad SMARTS) is 1. The molecule has 1 aromatic rings. The minimum Gasteiger partial charge on any atom is -0.496 e. The molecule has 0 amide bonds. The lowest BCUT2D eigenvalue weighted by molar-refractivity contribution is -0.138. The highest BCUT2D eigenvalue weighted by molar-refractivity contribution is 5.73. The molecule has 0 heterocycles. The Morgan fingerprint density at radius 2 is 1.95 bits per heavy atom. The van der Waals surface area contributed by atoms with E-state index in [4.69, 9.17) is 20.3 Å². The van der Waals surface area contributed by atoms with Gasteiger partial charge in [-0.25, -0.2) is 0 Å². The molecular weight excluding hydrogens is 246 g/mol. The summed E-state index contributed by atoms with van der Waals surface area (Å²) in [5.41, 5.74) is 8.46. The van der Waals surface area contributed by atoms with Crippen LogP contribution in [0.2, 0.25) is 0 Å². The summed E-state index contributed by atoms with van der Waals surface area (Å²) >= 11 is 0. The maximum atomic E-state index is 10.7. The molecule has 0 aliphatic heterocycles. The minimum absolute atomic E-state index is 0.358. The number of carbonyl (C=O) groups is 1. The van der Waals surface area contributed by atoms with Gasteiger partial charge in [-0.15, -0.1) is 0 Å². The van der Waals surface area contributed by atoms with E-state index < -0.39 is 12.0 Å². The number of carboxylic acids is 1. The van der Waals surface area contributed by atoms with Crippen LogP contribution in [-0.4, -0.2) is 31.3 Å². The highest BCUT2D eigenvalue weighted by Gasteiger charge is 2.17. The number of aliphatic carboxylic acids is 1. The molecule has 3 N–H and O–H groups in total. The standard InChI is InChI=1S/C14H21NO4/c1-8-9(2)13(19-4)10(7-12(8)18-3)5-6-11(15)14(16)17/h7,11H,5-6,15H2,1-4H3,(H,16,17). The van der Waals surface area contributed by atoms with E-state index in [0.29, 0.717) is 12.8 Å². The summed E-state index contributed by atoms with van der Waals surface area (Å²) in [5, 5.41) is 8.81. The SMILES string of the molecule is COc1cc(CCC(N)C(=O)O)c(OC)c(C)c1C. The second kappa shape index (κ2) is 6.43. The Balaban J connectivity index is 3.05. The van der Waals surface area contributed by atoms with Gasteiger partial charge < -0.3 is 20.3 Å². The molecule has 0 aromatic heterocycles. The molecule has 1 unspecified atom stereocenters. The third kappa shape index (κ3) is 3.38. The van der Waals surface area contributed by atoms with Crippen LogP contribution in [0, 0.1) is 13.8 Å². The first kappa shape index (κ1) is 15.3. The van der Waals surface area contributed by atoms with Crippen LogP contribution in [0.4, 0.5) is 0 Å². The van der Waals surface area contributed by atoms with Crippen molar-refractivity contribution in [3.63, 3.8) is 0 Å². The zero-order valence-electron chi connectivity index (χ0n) is 11.8. The average molecular weight is 267 g/mol. The van der Waals surface area contributed by atoms with Crippen molar-refractivity contribution in [3.05, 3.63) is 22.8 Å². The Kier molecular flexibility index (Phi) is 5.18. The van der Waals surface area contributed by atoms with Crippen molar-refractivity contribution in [2.45, 2.75) is 32.7 Å². The second-order valence-corrected chi connectivity index (χ2v) is 4.50. The molecule has 1 rings (SSSR count). The normalized spacial score (nSPS) is 12.1. The predicted octanol–water partition coefficient (Wildman–Crippen LogP) is 1.67. The first-order valence-corrected chi connectivity index (χ1v) is 6.11. The van der Waals surface area contributed by atoms with Crippen LogP contribution in [-0.2, 0) is 11.2 Å². The van der Waals surface area contributed by atoms with Crippen molar-refractivity contribution in [2.75, 3.05) is 14.2 Å². The molecule has 0 radical (unpaired) electrons. The first-order chi connectivity index (χ1) is 8.92. The van der Waals surface area contributed by atoms with Crippen molar-refractivity contribution in [1.82, 2.24) is 0 Å². The lowest BCUT2D eigenvalue weighted by Crippen LogP contribution is -2.30. The van der Waals surface area contributed by atoms with Crippen LogP contribution in [0.1, 0.15) is 23.1 Å². The number of benzene rings is 1. The molecule has 1 aromatic carbocycles. The van der Waals surface area contributed by atoms with E-state index in [1.165, 1.54) is 0 Å². The topological polar surface area (TPSA) is 81.8 Å². The largest absolute Gasteiger partial charge is 0.496 e. The van der Waals surface area contributed by atoms with Gasteiger partial charge in [0.1, 0.15) is 17.5 Å². The van der Waals surface area contributed by atoms with Crippen molar-refractivity contribution < 1.29 is 19.4 Å². The van der Waals surface area contributed by atoms with Crippen LogP contribution in [0.3, 0.4) is 0 Å². The lowest BCUT2D eigenvalue weighted by atomic mass is 9.98. The Morgan fingerprint density at radius 1 is 1.32 bits per heavy atom. The maximum Gasteiger partial charge on any atom is 0.320 e. The molecule has 106 valence electrons. The van der Waals surface area contributed by atoms with Crippen molar-refractivity contribution in [3.8, 4) is 11.5 Å². The van der Waals surface area contributed by atoms with Gasteiger partial charge in [0.05, 0.1) is 14.2 Å². The third-order valence-electron chi connectivity index (χ3n) is 3.34. The second-order valence-electron chi connectivity index (χ2n) is 4.50. The molecule has 5 heteroatoms. The van der Waals surface area contributed by atoms with Gasteiger partial charge in [-0.05, 0) is 49.4 Å². The van der Waals surface area contributed by atoms with Gasteiger partial charge in [0.2, 0.25) is 0 Å². The summed E-state index contributed by atoms with van der Waals surface area (Å²) in [5.74, 6) is 0.558. The molecular formula is C14H21NO4. The number of hydrogen-bond donors (Lipinski definition) is 2. The minimum atomic E-state index is -0.991. The summed E-state index contributed by atoms with van der Waals surface area (Å²) in [6.45, 7) is 3.92. The molecule has 0 bridgehead atoms. The molecule has 0 aliphatic rings. The zero-order valence-corrected chi connectivity index (χ0v) is 11.8. The predicted molar refractivity (Wildman–Crippen MR) is 73.0 cm³/mol. The third-order valence-corrected chi connectivity index (χ3v) is 3.34. The van der Waals surface area contributed by atoms with Crippen LogP contribution in [0.5, 0.6) is 11.5 Å². The number of rotatable bonds is 6. The number of aryl methyl sites for hydroxylation is 1. The van der Waals surface area contributed by atoms with Crippen LogP contribution < -0.4 is 15.2 Å². The highest BCUT2D eigenvalue weighted by atomic mass is 16.5. The molecule has 0 saturated heterocycles. The fraction of sp³-hybridized carbons (Fsp3) is 0.500. The lowest BCUT2D eigenvalue weighted by Gasteiger charge is -2.17. The monoisotopic (exact) mass is 267 g/mol. The van der Waals surface area contributed by atoms with Crippen molar-refractivity contribution in [1.29, 1.82) is 0 Å². The average Bonchev–Trinajstić information content (AvgIpc) is 2.39. The van der Waals surface area contributed by atoms with Gasteiger partial charge in [0.15, 0.2) is 0 Å². The van der Waals surface area contributed by atoms with Gasteiger partial charge >= 0.3 is 5.97 Å². The van der Waals surface area contributed by atoms with Gasteiger partial charge in [-0.2, -0.15) is 0 Å². The molecule has 0 fully saturated rings. The summed E-state index contributed by atoms with van der Waals surface area (Å²) in [6, 6.07) is 1.02. The van der Waals surface area contributed by atoms with E-state index in [1.807, 2.05) is 19.9 Å². The molecule has 1 atom stereocenters. The van der Waals surface area contributed by atoms with Gasteiger partial charge in [0.25, 0.3) is 0 Å². The summed E-state index contributed by atoms with van der Waals surface area (Å²) in [4.78, 5) is 10.7. The summed E-state index contributed by atoms with van der Waals surface area (Å²) in [7, 11) is 3.22. The fourth-order valence-corrected chi connectivity index (χ4v) is 2.04. The van der Waals surface area contributed by atoms with Crippen LogP contribution in [0.25, 0.3) is 0 Å². The Morgan fingerprint density at radius 3 is 2.42 bits per heavy atom. The van der Waals surface area contributed by atoms with Gasteiger partial charge in [-0.3, -0.25) is 4.79 Å². The maximum absolute atomic E-state index is 10.7. The fourth-order valence-electron chi connectivity index (χ4n) is 2.04. The van der Waals surface area contributed by atoms with E-state index in [-0.39, 0.29) is 0 Å². The Hall–Kier alpha value is -1.75. The molecule has 19 heavy (non-hydrogen) atoms. The van der Waals surface area contributed by atoms with Gasteiger partial charge in [-0.1, -0.05) is 0 Å². The quantitative estimate of drug-likeness (QED) is 0.819. The van der Waals surface area contributed by atoms with E-state index in [2.05, 4.69) is 0 Å². The number of methoxy groups -OCH3 is 2. The van der Waals surface area contributed by atoms with E-state index in [1.54, 1.807) is 14.2 Å². The first-order valence-electron chi connectivity index (χ1n) is 6.11. The van der Waals surface area contributed by atoms with Crippen molar-refractivity contribution >= 4 is 5.97 Å². The summed E-state index contributed by atoms with van der Waals surface area (Å²) < 4.78 is 10.7. The molecule has 0 spiro atoms. The molecule has 5 nitrogen and oxygen atoms in total. The number of hydrogen-bond acceptors (Lipinski definition) is 4. The highest BCUT2D eigenvalue weighted by Crippen LogP contribution is 2.34. The number of nitrogens with two attached hydrogens (primary N) is 1. The Labute approximate surface area is 113 Å². The van der Waals surface area contributed by atoms with Crippen molar-refractivity contribution in [2.24, 2.45) is 5.73 Å². The number of ether oxygens (including phenoxy) is 2.